The van der Waals surface area contributed by atoms with Crippen molar-refractivity contribution in [1.29, 1.82) is 0 Å². The Morgan fingerprint density at radius 2 is 1.84 bits per heavy atom. The molecule has 0 aliphatic carbocycles. The highest BCUT2D eigenvalue weighted by Gasteiger charge is 2.32. The Balaban J connectivity index is 2.72. The van der Waals surface area contributed by atoms with Gasteiger partial charge in [-0.25, -0.2) is 4.98 Å². The lowest BCUT2D eigenvalue weighted by molar-refractivity contribution is -0.137. The lowest BCUT2D eigenvalue weighted by atomic mass is 9.91. The molecule has 2 aromatic rings. The summed E-state index contributed by atoms with van der Waals surface area (Å²) in [7, 11) is 0. The minimum atomic E-state index is -4.37. The molecule has 0 aliphatic heterocycles. The van der Waals surface area contributed by atoms with Crippen LogP contribution in [0.5, 0.6) is 0 Å². The zero-order valence-electron chi connectivity index (χ0n) is 11.0. The number of halogens is 3. The molecule has 0 aliphatic rings. The fraction of sp³-hybridized carbons (Fsp3) is 0.462. The average molecular weight is 271 g/mol. The number of rotatable bonds is 1. The highest BCUT2D eigenvalue weighted by atomic mass is 19.4. The minimum absolute atomic E-state index is 0.148. The largest absolute Gasteiger partial charge is 0.417 e. The van der Waals surface area contributed by atoms with Gasteiger partial charge in [0.05, 0.1) is 17.0 Å². The van der Waals surface area contributed by atoms with Gasteiger partial charge in [-0.15, -0.1) is 0 Å². The van der Waals surface area contributed by atoms with Gasteiger partial charge in [-0.05, 0) is 12.1 Å². The molecule has 104 valence electrons. The van der Waals surface area contributed by atoms with E-state index >= 15 is 0 Å². The summed E-state index contributed by atoms with van der Waals surface area (Å²) in [5.41, 5.74) is 6.54. The molecular weight excluding hydrogens is 255 g/mol. The average Bonchev–Trinajstić information content (AvgIpc) is 2.64. The Morgan fingerprint density at radius 3 is 2.32 bits per heavy atom. The van der Waals surface area contributed by atoms with Crippen molar-refractivity contribution in [3.8, 4) is 0 Å². The van der Waals surface area contributed by atoms with Gasteiger partial charge in [0.2, 0.25) is 0 Å². The van der Waals surface area contributed by atoms with Gasteiger partial charge in [0.1, 0.15) is 5.65 Å². The predicted octanol–water partition coefficient (Wildman–Crippen LogP) is 3.11. The summed E-state index contributed by atoms with van der Waals surface area (Å²) in [5.74, 6) is 0. The number of alkyl halides is 3. The van der Waals surface area contributed by atoms with Crippen LogP contribution in [0.25, 0.3) is 5.65 Å². The minimum Gasteiger partial charge on any atom is -0.325 e. The van der Waals surface area contributed by atoms with E-state index in [-0.39, 0.29) is 12.0 Å². The Morgan fingerprint density at radius 1 is 1.21 bits per heavy atom. The van der Waals surface area contributed by atoms with E-state index in [0.29, 0.717) is 11.3 Å². The third-order valence-corrected chi connectivity index (χ3v) is 2.95. The first-order valence-corrected chi connectivity index (χ1v) is 5.93. The summed E-state index contributed by atoms with van der Waals surface area (Å²) in [6.07, 6.45) is -3.31. The number of nitrogens with zero attached hydrogens (tertiary/aromatic N) is 2. The number of hydrogen-bond donors (Lipinski definition) is 1. The number of fused-ring (bicyclic) bond motifs is 1. The fourth-order valence-electron chi connectivity index (χ4n) is 2.06. The van der Waals surface area contributed by atoms with Crippen LogP contribution in [0.3, 0.4) is 0 Å². The van der Waals surface area contributed by atoms with Crippen molar-refractivity contribution < 1.29 is 13.2 Å². The highest BCUT2D eigenvalue weighted by Crippen LogP contribution is 2.31. The van der Waals surface area contributed by atoms with Crippen molar-refractivity contribution in [3.63, 3.8) is 0 Å². The topological polar surface area (TPSA) is 43.3 Å². The Labute approximate surface area is 109 Å². The first-order chi connectivity index (χ1) is 8.64. The molecule has 0 bridgehead atoms. The van der Waals surface area contributed by atoms with Crippen LogP contribution in [0.4, 0.5) is 13.2 Å². The summed E-state index contributed by atoms with van der Waals surface area (Å²) in [6.45, 7) is 6.02. The van der Waals surface area contributed by atoms with Crippen LogP contribution in [0.1, 0.15) is 37.7 Å². The summed E-state index contributed by atoms with van der Waals surface area (Å²) >= 11 is 0. The molecule has 0 saturated heterocycles. The van der Waals surface area contributed by atoms with E-state index in [0.717, 1.165) is 18.0 Å². The van der Waals surface area contributed by atoms with E-state index < -0.39 is 11.7 Å². The summed E-state index contributed by atoms with van der Waals surface area (Å²) < 4.78 is 39.6. The van der Waals surface area contributed by atoms with Crippen molar-refractivity contribution in [1.82, 2.24) is 9.38 Å². The maximum atomic E-state index is 12.7. The molecule has 2 N–H and O–H groups in total. The molecule has 0 saturated carbocycles. The van der Waals surface area contributed by atoms with Crippen molar-refractivity contribution >= 4 is 5.65 Å². The first-order valence-electron chi connectivity index (χ1n) is 5.93. The van der Waals surface area contributed by atoms with Gasteiger partial charge in [-0.2, -0.15) is 13.2 Å². The van der Waals surface area contributed by atoms with E-state index in [1.54, 1.807) is 0 Å². The van der Waals surface area contributed by atoms with Crippen LogP contribution in [-0.2, 0) is 18.1 Å². The Hall–Kier alpha value is -1.56. The monoisotopic (exact) mass is 271 g/mol. The van der Waals surface area contributed by atoms with Gasteiger partial charge in [0.15, 0.2) is 0 Å². The van der Waals surface area contributed by atoms with Crippen LogP contribution in [0, 0.1) is 0 Å². The molecule has 6 heteroatoms. The maximum Gasteiger partial charge on any atom is 0.417 e. The third-order valence-electron chi connectivity index (χ3n) is 2.95. The lowest BCUT2D eigenvalue weighted by Gasteiger charge is -2.17. The Bertz CT molecular complexity index is 606. The predicted molar refractivity (Wildman–Crippen MR) is 66.8 cm³/mol. The smallest absolute Gasteiger partial charge is 0.325 e. The van der Waals surface area contributed by atoms with Crippen LogP contribution < -0.4 is 5.73 Å². The second-order valence-corrected chi connectivity index (χ2v) is 5.50. The second kappa shape index (κ2) is 4.23. The van der Waals surface area contributed by atoms with Crippen LogP contribution in [0.15, 0.2) is 18.3 Å². The molecule has 0 unspecified atom stereocenters. The Kier molecular flexibility index (Phi) is 3.09. The molecule has 0 atom stereocenters. The zero-order chi connectivity index (χ0) is 14.4. The van der Waals surface area contributed by atoms with Gasteiger partial charge < -0.3 is 10.1 Å². The highest BCUT2D eigenvalue weighted by molar-refractivity contribution is 5.46. The molecule has 2 aromatic heterocycles. The molecule has 0 fully saturated rings. The molecule has 0 radical (unpaired) electrons. The number of aromatic nitrogens is 2. The lowest BCUT2D eigenvalue weighted by Crippen LogP contribution is -2.17. The molecule has 0 amide bonds. The van der Waals surface area contributed by atoms with E-state index in [4.69, 9.17) is 5.73 Å². The van der Waals surface area contributed by atoms with Crippen molar-refractivity contribution in [2.45, 2.75) is 38.9 Å². The summed E-state index contributed by atoms with van der Waals surface area (Å²) in [6, 6.07) is 2.41. The van der Waals surface area contributed by atoms with Crippen LogP contribution in [0.2, 0.25) is 0 Å². The standard InChI is InChI=1S/C13H16F3N3/c1-12(2,3)11-9(6-17)19-7-8(13(14,15)16)4-5-10(19)18-11/h4-5,7H,6,17H2,1-3H3. The number of pyridine rings is 1. The van der Waals surface area contributed by atoms with E-state index in [9.17, 15) is 13.2 Å². The van der Waals surface area contributed by atoms with Gasteiger partial charge in [-0.3, -0.25) is 0 Å². The van der Waals surface area contributed by atoms with E-state index in [1.165, 1.54) is 10.5 Å². The van der Waals surface area contributed by atoms with Gasteiger partial charge in [0, 0.05) is 18.2 Å². The van der Waals surface area contributed by atoms with Crippen molar-refractivity contribution in [3.05, 3.63) is 35.3 Å². The number of imidazole rings is 1. The molecule has 2 rings (SSSR count). The third kappa shape index (κ3) is 2.45. The van der Waals surface area contributed by atoms with Gasteiger partial charge >= 0.3 is 6.18 Å². The van der Waals surface area contributed by atoms with Crippen molar-refractivity contribution in [2.24, 2.45) is 5.73 Å². The SMILES string of the molecule is CC(C)(C)c1nc2ccc(C(F)(F)F)cn2c1CN. The molecule has 3 nitrogen and oxygen atoms in total. The molecule has 0 spiro atoms. The summed E-state index contributed by atoms with van der Waals surface area (Å²) in [5, 5.41) is 0. The van der Waals surface area contributed by atoms with E-state index in [1.807, 2.05) is 20.8 Å². The van der Waals surface area contributed by atoms with E-state index in [2.05, 4.69) is 4.98 Å². The van der Waals surface area contributed by atoms with Crippen LogP contribution in [-0.4, -0.2) is 9.38 Å². The summed E-state index contributed by atoms with van der Waals surface area (Å²) in [4.78, 5) is 4.39. The molecule has 2 heterocycles. The van der Waals surface area contributed by atoms with Crippen LogP contribution >= 0.6 is 0 Å². The van der Waals surface area contributed by atoms with Gasteiger partial charge in [-0.1, -0.05) is 20.8 Å². The normalized spacial score (nSPS) is 13.2. The zero-order valence-corrected chi connectivity index (χ0v) is 11.0. The second-order valence-electron chi connectivity index (χ2n) is 5.50. The molecular formula is C13H16F3N3. The van der Waals surface area contributed by atoms with Crippen molar-refractivity contribution in [2.75, 3.05) is 0 Å². The molecule has 0 aromatic carbocycles. The van der Waals surface area contributed by atoms with Gasteiger partial charge in [0.25, 0.3) is 0 Å². The first kappa shape index (κ1) is 13.9. The number of hydrogen-bond acceptors (Lipinski definition) is 2. The maximum absolute atomic E-state index is 12.7. The number of nitrogens with two attached hydrogens (primary N) is 1. The fourth-order valence-corrected chi connectivity index (χ4v) is 2.06. The quantitative estimate of drug-likeness (QED) is 0.866. The molecule has 19 heavy (non-hydrogen) atoms.